The van der Waals surface area contributed by atoms with E-state index in [2.05, 4.69) is 4.98 Å². The molecule has 3 nitrogen and oxygen atoms in total. The van der Waals surface area contributed by atoms with Crippen molar-refractivity contribution in [3.8, 4) is 5.75 Å². The minimum atomic E-state index is 0.276. The molecule has 13 heavy (non-hydrogen) atoms. The summed E-state index contributed by atoms with van der Waals surface area (Å²) >= 11 is 0. The number of ether oxygens (including phenoxy) is 1. The van der Waals surface area contributed by atoms with Crippen LogP contribution in [0.2, 0.25) is 0 Å². The molecule has 0 aromatic carbocycles. The van der Waals surface area contributed by atoms with Crippen LogP contribution in [0.4, 0.5) is 0 Å². The molecule has 1 saturated carbocycles. The Bertz CT molecular complexity index is 283. The number of nitrogens with zero attached hydrogens (tertiary/aromatic N) is 1. The molecule has 2 atom stereocenters. The van der Waals surface area contributed by atoms with E-state index in [0.717, 1.165) is 17.9 Å². The Morgan fingerprint density at radius 1 is 1.62 bits per heavy atom. The lowest BCUT2D eigenvalue weighted by molar-refractivity contribution is 0.273. The van der Waals surface area contributed by atoms with E-state index in [9.17, 15) is 0 Å². The third kappa shape index (κ3) is 1.65. The first kappa shape index (κ1) is 8.51. The Hall–Kier alpha value is -1.09. The number of pyridine rings is 1. The minimum absolute atomic E-state index is 0.276. The van der Waals surface area contributed by atoms with E-state index < -0.39 is 0 Å². The van der Waals surface area contributed by atoms with Crippen LogP contribution >= 0.6 is 0 Å². The molecule has 1 aromatic rings. The van der Waals surface area contributed by atoms with Crippen molar-refractivity contribution < 1.29 is 9.84 Å². The topological polar surface area (TPSA) is 42.4 Å². The summed E-state index contributed by atoms with van der Waals surface area (Å²) in [4.78, 5) is 4.27. The van der Waals surface area contributed by atoms with E-state index in [1.807, 2.05) is 12.1 Å². The predicted octanol–water partition coefficient (Wildman–Crippen LogP) is 1.19. The van der Waals surface area contributed by atoms with Crippen molar-refractivity contribution in [2.75, 3.05) is 13.7 Å². The molecule has 1 aliphatic carbocycles. The quantitative estimate of drug-likeness (QED) is 0.757. The highest BCUT2D eigenvalue weighted by atomic mass is 16.5. The molecule has 0 saturated heterocycles. The monoisotopic (exact) mass is 179 g/mol. The lowest BCUT2D eigenvalue weighted by Crippen LogP contribution is -1.92. The second-order valence-corrected chi connectivity index (χ2v) is 3.41. The molecule has 1 aromatic heterocycles. The van der Waals surface area contributed by atoms with Gasteiger partial charge in [-0.15, -0.1) is 0 Å². The highest BCUT2D eigenvalue weighted by Gasteiger charge is 2.38. The average Bonchev–Trinajstić information content (AvgIpc) is 2.97. The smallest absolute Gasteiger partial charge is 0.137 e. The van der Waals surface area contributed by atoms with Crippen molar-refractivity contribution in [2.45, 2.75) is 12.3 Å². The molecule has 0 aliphatic heterocycles. The van der Waals surface area contributed by atoms with Crippen LogP contribution in [-0.4, -0.2) is 23.8 Å². The van der Waals surface area contributed by atoms with Crippen LogP contribution < -0.4 is 4.74 Å². The summed E-state index contributed by atoms with van der Waals surface area (Å²) in [6.07, 6.45) is 2.79. The molecule has 0 spiro atoms. The first-order valence-corrected chi connectivity index (χ1v) is 4.46. The van der Waals surface area contributed by atoms with Crippen LogP contribution in [-0.2, 0) is 0 Å². The molecule has 1 N–H and O–H groups in total. The van der Waals surface area contributed by atoms with Crippen molar-refractivity contribution in [1.82, 2.24) is 4.98 Å². The van der Waals surface area contributed by atoms with E-state index in [0.29, 0.717) is 11.8 Å². The summed E-state index contributed by atoms with van der Waals surface area (Å²) in [7, 11) is 1.63. The maximum absolute atomic E-state index is 8.89. The summed E-state index contributed by atoms with van der Waals surface area (Å²) in [6.45, 7) is 0.276. The lowest BCUT2D eigenvalue weighted by Gasteiger charge is -2.00. The molecule has 70 valence electrons. The van der Waals surface area contributed by atoms with Gasteiger partial charge >= 0.3 is 0 Å². The van der Waals surface area contributed by atoms with Gasteiger partial charge in [-0.2, -0.15) is 0 Å². The van der Waals surface area contributed by atoms with Crippen molar-refractivity contribution in [3.63, 3.8) is 0 Å². The maximum atomic E-state index is 8.89. The van der Waals surface area contributed by atoms with Crippen molar-refractivity contribution in [3.05, 3.63) is 24.0 Å². The van der Waals surface area contributed by atoms with Gasteiger partial charge in [-0.1, -0.05) is 0 Å². The van der Waals surface area contributed by atoms with Crippen LogP contribution in [0.5, 0.6) is 5.75 Å². The fraction of sp³-hybridized carbons (Fsp3) is 0.500. The molecule has 1 aliphatic rings. The molecule has 0 radical (unpaired) electrons. The van der Waals surface area contributed by atoms with E-state index in [1.165, 1.54) is 0 Å². The first-order chi connectivity index (χ1) is 6.35. The van der Waals surface area contributed by atoms with E-state index in [4.69, 9.17) is 9.84 Å². The molecule has 0 amide bonds. The van der Waals surface area contributed by atoms with Gasteiger partial charge in [0.15, 0.2) is 0 Å². The lowest BCUT2D eigenvalue weighted by atomic mass is 10.2. The Morgan fingerprint density at radius 3 is 2.92 bits per heavy atom. The second-order valence-electron chi connectivity index (χ2n) is 3.41. The third-order valence-corrected chi connectivity index (χ3v) is 2.53. The zero-order chi connectivity index (χ0) is 9.26. The first-order valence-electron chi connectivity index (χ1n) is 4.46. The number of hydrogen-bond donors (Lipinski definition) is 1. The van der Waals surface area contributed by atoms with E-state index in [1.54, 1.807) is 13.3 Å². The second kappa shape index (κ2) is 3.34. The molecule has 0 bridgehead atoms. The molecular weight excluding hydrogens is 166 g/mol. The Labute approximate surface area is 77.4 Å². The van der Waals surface area contributed by atoms with Crippen molar-refractivity contribution in [2.24, 2.45) is 5.92 Å². The molecule has 1 unspecified atom stereocenters. The van der Waals surface area contributed by atoms with Gasteiger partial charge < -0.3 is 9.84 Å². The largest absolute Gasteiger partial charge is 0.495 e. The highest BCUT2D eigenvalue weighted by molar-refractivity contribution is 5.25. The van der Waals surface area contributed by atoms with Gasteiger partial charge in [0.2, 0.25) is 0 Å². The fourth-order valence-corrected chi connectivity index (χ4v) is 1.54. The third-order valence-electron chi connectivity index (χ3n) is 2.53. The zero-order valence-corrected chi connectivity index (χ0v) is 7.60. The van der Waals surface area contributed by atoms with Crippen LogP contribution in [0.15, 0.2) is 18.3 Å². The number of aliphatic hydroxyl groups excluding tert-OH is 1. The van der Waals surface area contributed by atoms with Gasteiger partial charge in [-0.25, -0.2) is 0 Å². The normalized spacial score (nSPS) is 25.7. The Kier molecular flexibility index (Phi) is 2.19. The van der Waals surface area contributed by atoms with Gasteiger partial charge in [0.05, 0.1) is 13.3 Å². The van der Waals surface area contributed by atoms with Crippen LogP contribution in [0, 0.1) is 5.92 Å². The Morgan fingerprint density at radius 2 is 2.46 bits per heavy atom. The number of aromatic nitrogens is 1. The highest BCUT2D eigenvalue weighted by Crippen LogP contribution is 2.46. The average molecular weight is 179 g/mol. The number of rotatable bonds is 3. The van der Waals surface area contributed by atoms with Gasteiger partial charge in [0, 0.05) is 18.2 Å². The fourth-order valence-electron chi connectivity index (χ4n) is 1.54. The summed E-state index contributed by atoms with van der Waals surface area (Å²) in [5.41, 5.74) is 1.07. The minimum Gasteiger partial charge on any atom is -0.495 e. The van der Waals surface area contributed by atoms with Gasteiger partial charge in [0.25, 0.3) is 0 Å². The number of hydrogen-bond acceptors (Lipinski definition) is 3. The number of methoxy groups -OCH3 is 1. The van der Waals surface area contributed by atoms with Crippen molar-refractivity contribution >= 4 is 0 Å². The van der Waals surface area contributed by atoms with E-state index in [-0.39, 0.29) is 6.61 Å². The van der Waals surface area contributed by atoms with Gasteiger partial charge in [0.1, 0.15) is 5.75 Å². The standard InChI is InChI=1S/C10H13NO2/c1-13-8-2-3-10(11-5-8)9-4-7(9)6-12/h2-3,5,7,9,12H,4,6H2,1H3/t7?,9-/m0/s1. The molecule has 1 heterocycles. The van der Waals surface area contributed by atoms with Gasteiger partial charge in [-0.05, 0) is 24.5 Å². The summed E-state index contributed by atoms with van der Waals surface area (Å²) in [5, 5.41) is 8.89. The SMILES string of the molecule is COc1ccc([C@H]2CC2CO)nc1. The summed E-state index contributed by atoms with van der Waals surface area (Å²) < 4.78 is 5.01. The van der Waals surface area contributed by atoms with Crippen LogP contribution in [0.25, 0.3) is 0 Å². The van der Waals surface area contributed by atoms with Crippen LogP contribution in [0.3, 0.4) is 0 Å². The molecule has 1 fully saturated rings. The van der Waals surface area contributed by atoms with E-state index >= 15 is 0 Å². The molecule has 2 rings (SSSR count). The van der Waals surface area contributed by atoms with Crippen LogP contribution in [0.1, 0.15) is 18.0 Å². The molecular formula is C10H13NO2. The number of aliphatic hydroxyl groups is 1. The maximum Gasteiger partial charge on any atom is 0.137 e. The van der Waals surface area contributed by atoms with Gasteiger partial charge in [-0.3, -0.25) is 4.98 Å². The summed E-state index contributed by atoms with van der Waals surface area (Å²) in [6, 6.07) is 3.88. The van der Waals surface area contributed by atoms with Crippen molar-refractivity contribution in [1.29, 1.82) is 0 Å². The zero-order valence-electron chi connectivity index (χ0n) is 7.60. The molecule has 3 heteroatoms. The summed E-state index contributed by atoms with van der Waals surface area (Å²) in [5.74, 6) is 1.68. The Balaban J connectivity index is 2.07. The predicted molar refractivity (Wildman–Crippen MR) is 48.7 cm³/mol.